The van der Waals surface area contributed by atoms with E-state index in [1.807, 2.05) is 24.3 Å². The lowest BCUT2D eigenvalue weighted by molar-refractivity contribution is -0.134. The van der Waals surface area contributed by atoms with E-state index in [9.17, 15) is 4.79 Å². The van der Waals surface area contributed by atoms with E-state index in [2.05, 4.69) is 17.1 Å². The molecule has 1 amide bonds. The van der Waals surface area contributed by atoms with Crippen molar-refractivity contribution in [2.45, 2.75) is 32.1 Å². The van der Waals surface area contributed by atoms with Gasteiger partial charge < -0.3 is 15.0 Å². The fourth-order valence-electron chi connectivity index (χ4n) is 3.52. The number of piperidine rings is 1. The number of nitrogens with zero attached hydrogens (tertiary/aromatic N) is 1. The molecule has 0 spiro atoms. The maximum Gasteiger partial charge on any atom is 0.230 e. The molecule has 2 aliphatic rings. The smallest absolute Gasteiger partial charge is 0.230 e. The summed E-state index contributed by atoms with van der Waals surface area (Å²) in [5.74, 6) is 1.87. The Morgan fingerprint density at radius 3 is 2.82 bits per heavy atom. The molecule has 1 unspecified atom stereocenters. The van der Waals surface area contributed by atoms with Crippen molar-refractivity contribution >= 4 is 5.91 Å². The highest BCUT2D eigenvalue weighted by atomic mass is 16.5. The van der Waals surface area contributed by atoms with Gasteiger partial charge in [-0.15, -0.1) is 0 Å². The highest BCUT2D eigenvalue weighted by Crippen LogP contribution is 2.35. The number of hydrogen-bond acceptors (Lipinski definition) is 3. The van der Waals surface area contributed by atoms with Crippen LogP contribution in [0.1, 0.15) is 37.7 Å². The number of amides is 1. The predicted octanol–water partition coefficient (Wildman–Crippen LogP) is 2.40. The average molecular weight is 302 g/mol. The molecule has 4 heteroatoms. The van der Waals surface area contributed by atoms with Gasteiger partial charge in [0.1, 0.15) is 5.75 Å². The zero-order chi connectivity index (χ0) is 15.4. The first-order valence-electron chi connectivity index (χ1n) is 8.50. The van der Waals surface area contributed by atoms with Crippen LogP contribution < -0.4 is 10.1 Å². The van der Waals surface area contributed by atoms with E-state index in [1.54, 1.807) is 0 Å². The number of carbonyl (C=O) groups is 1. The summed E-state index contributed by atoms with van der Waals surface area (Å²) >= 11 is 0. The van der Waals surface area contributed by atoms with Crippen LogP contribution in [-0.4, -0.2) is 43.6 Å². The Morgan fingerprint density at radius 1 is 1.27 bits per heavy atom. The Balaban J connectivity index is 1.61. The first kappa shape index (κ1) is 15.3. The molecule has 3 rings (SSSR count). The van der Waals surface area contributed by atoms with Crippen LogP contribution in [0.15, 0.2) is 24.3 Å². The topological polar surface area (TPSA) is 41.6 Å². The zero-order valence-corrected chi connectivity index (χ0v) is 13.4. The summed E-state index contributed by atoms with van der Waals surface area (Å²) in [4.78, 5) is 15.0. The molecule has 0 radical (unpaired) electrons. The van der Waals surface area contributed by atoms with E-state index in [4.69, 9.17) is 4.74 Å². The van der Waals surface area contributed by atoms with Crippen molar-refractivity contribution in [3.63, 3.8) is 0 Å². The Kier molecular flexibility index (Phi) is 4.98. The number of fused-ring (bicyclic) bond motifs is 1. The summed E-state index contributed by atoms with van der Waals surface area (Å²) in [5, 5.41) is 3.42. The first-order valence-corrected chi connectivity index (χ1v) is 8.50. The molecule has 0 bridgehead atoms. The lowest BCUT2D eigenvalue weighted by atomic mass is 9.90. The monoisotopic (exact) mass is 302 g/mol. The quantitative estimate of drug-likeness (QED) is 0.928. The summed E-state index contributed by atoms with van der Waals surface area (Å²) in [7, 11) is 0. The lowest BCUT2D eigenvalue weighted by Gasteiger charge is -2.35. The molecule has 1 fully saturated rings. The van der Waals surface area contributed by atoms with E-state index >= 15 is 0 Å². The second-order valence-corrected chi connectivity index (χ2v) is 6.30. The van der Waals surface area contributed by atoms with Crippen molar-refractivity contribution in [3.8, 4) is 5.75 Å². The van der Waals surface area contributed by atoms with Crippen molar-refractivity contribution in [3.05, 3.63) is 29.8 Å². The van der Waals surface area contributed by atoms with Gasteiger partial charge in [-0.25, -0.2) is 0 Å². The van der Waals surface area contributed by atoms with E-state index in [1.165, 1.54) is 0 Å². The molecule has 120 valence electrons. The molecule has 2 heterocycles. The summed E-state index contributed by atoms with van der Waals surface area (Å²) in [5.41, 5.74) is 1.06. The van der Waals surface area contributed by atoms with Crippen molar-refractivity contribution in [2.24, 2.45) is 5.92 Å². The third-order valence-electron chi connectivity index (χ3n) is 4.87. The van der Waals surface area contributed by atoms with Crippen molar-refractivity contribution in [1.82, 2.24) is 10.2 Å². The molecule has 1 aromatic carbocycles. The van der Waals surface area contributed by atoms with Gasteiger partial charge in [-0.05, 0) is 44.3 Å². The molecule has 1 saturated heterocycles. The number of rotatable bonds is 4. The average Bonchev–Trinajstić information content (AvgIpc) is 2.59. The van der Waals surface area contributed by atoms with Gasteiger partial charge in [0.2, 0.25) is 5.91 Å². The number of nitrogens with one attached hydrogen (secondary N) is 1. The summed E-state index contributed by atoms with van der Waals surface area (Å²) in [6.07, 6.45) is 3.03. The number of para-hydroxylation sites is 1. The highest BCUT2D eigenvalue weighted by molar-refractivity contribution is 5.85. The molecule has 0 aliphatic carbocycles. The number of hydrogen-bond donors (Lipinski definition) is 1. The third-order valence-corrected chi connectivity index (χ3v) is 4.87. The largest absolute Gasteiger partial charge is 0.493 e. The standard InChI is InChI=1S/C18H26N2O2/c1-2-19-13-14-7-10-20(11-8-14)18(21)16-9-12-22-17-6-4-3-5-15(16)17/h3-6,14,16,19H,2,7-13H2,1H3. The van der Waals surface area contributed by atoms with E-state index in [0.717, 1.165) is 56.8 Å². The van der Waals surface area contributed by atoms with Crippen LogP contribution in [0, 0.1) is 5.92 Å². The molecule has 22 heavy (non-hydrogen) atoms. The Bertz CT molecular complexity index is 510. The molecule has 1 N–H and O–H groups in total. The number of ether oxygens (including phenoxy) is 1. The minimum atomic E-state index is -0.0183. The third kappa shape index (κ3) is 3.27. The normalized spacial score (nSPS) is 22.0. The SMILES string of the molecule is CCNCC1CCN(C(=O)C2CCOc3ccccc32)CC1. The maximum absolute atomic E-state index is 12.9. The zero-order valence-electron chi connectivity index (χ0n) is 13.4. The van der Waals surface area contributed by atoms with E-state index in [0.29, 0.717) is 12.5 Å². The van der Waals surface area contributed by atoms with Crippen LogP contribution in [0.5, 0.6) is 5.75 Å². The summed E-state index contributed by atoms with van der Waals surface area (Å²) in [6, 6.07) is 7.97. The number of benzene rings is 1. The Hall–Kier alpha value is -1.55. The van der Waals surface area contributed by atoms with Crippen LogP contribution in [0.25, 0.3) is 0 Å². The van der Waals surface area contributed by atoms with Gasteiger partial charge in [0.25, 0.3) is 0 Å². The van der Waals surface area contributed by atoms with Crippen LogP contribution in [0.3, 0.4) is 0 Å². The highest BCUT2D eigenvalue weighted by Gasteiger charge is 2.32. The fraction of sp³-hybridized carbons (Fsp3) is 0.611. The van der Waals surface area contributed by atoms with E-state index in [-0.39, 0.29) is 11.8 Å². The van der Waals surface area contributed by atoms with Gasteiger partial charge in [-0.1, -0.05) is 25.1 Å². The minimum absolute atomic E-state index is 0.0183. The van der Waals surface area contributed by atoms with Gasteiger partial charge >= 0.3 is 0 Å². The van der Waals surface area contributed by atoms with Crippen LogP contribution >= 0.6 is 0 Å². The number of carbonyl (C=O) groups excluding carboxylic acids is 1. The van der Waals surface area contributed by atoms with Gasteiger partial charge in [0.15, 0.2) is 0 Å². The minimum Gasteiger partial charge on any atom is -0.493 e. The molecule has 0 aromatic heterocycles. The Morgan fingerprint density at radius 2 is 2.05 bits per heavy atom. The molecule has 4 nitrogen and oxygen atoms in total. The Labute approximate surface area is 132 Å². The number of likely N-dealkylation sites (tertiary alicyclic amines) is 1. The van der Waals surface area contributed by atoms with Gasteiger partial charge in [-0.2, -0.15) is 0 Å². The van der Waals surface area contributed by atoms with Crippen LogP contribution in [-0.2, 0) is 4.79 Å². The van der Waals surface area contributed by atoms with Gasteiger partial charge in [-0.3, -0.25) is 4.79 Å². The lowest BCUT2D eigenvalue weighted by Crippen LogP contribution is -2.43. The van der Waals surface area contributed by atoms with Crippen molar-refractivity contribution < 1.29 is 9.53 Å². The van der Waals surface area contributed by atoms with Gasteiger partial charge in [0.05, 0.1) is 12.5 Å². The second kappa shape index (κ2) is 7.14. The molecule has 1 aromatic rings. The maximum atomic E-state index is 12.9. The fourth-order valence-corrected chi connectivity index (χ4v) is 3.52. The van der Waals surface area contributed by atoms with Crippen molar-refractivity contribution in [2.75, 3.05) is 32.8 Å². The molecular formula is C18H26N2O2. The summed E-state index contributed by atoms with van der Waals surface area (Å²) < 4.78 is 5.67. The van der Waals surface area contributed by atoms with Crippen molar-refractivity contribution in [1.29, 1.82) is 0 Å². The second-order valence-electron chi connectivity index (χ2n) is 6.30. The summed E-state index contributed by atoms with van der Waals surface area (Å²) in [6.45, 7) is 6.69. The van der Waals surface area contributed by atoms with Gasteiger partial charge in [0, 0.05) is 18.7 Å². The molecular weight excluding hydrogens is 276 g/mol. The molecule has 1 atom stereocenters. The predicted molar refractivity (Wildman–Crippen MR) is 87.1 cm³/mol. The first-order chi connectivity index (χ1) is 10.8. The van der Waals surface area contributed by atoms with E-state index < -0.39 is 0 Å². The molecule has 0 saturated carbocycles. The molecule has 2 aliphatic heterocycles. The van der Waals surface area contributed by atoms with Crippen LogP contribution in [0.2, 0.25) is 0 Å². The van der Waals surface area contributed by atoms with Crippen LogP contribution in [0.4, 0.5) is 0 Å².